The summed E-state index contributed by atoms with van der Waals surface area (Å²) in [6.07, 6.45) is 0. The molecule has 0 fully saturated rings. The number of aromatic nitrogens is 4. The lowest BCUT2D eigenvalue weighted by Crippen LogP contribution is -2.02. The van der Waals surface area contributed by atoms with Crippen molar-refractivity contribution >= 4 is 64.1 Å². The number of benzene rings is 8. The molecule has 0 N–H and O–H groups in total. The molecule has 0 aliphatic rings. The SMILES string of the molecule is [2H]c1cc([2H])c2sc3c(-c4ccc(-c5nc(-c6ccccc6)nc(-c6ccc7ccccc7c6)n5)cc4-n4c5ccccc5c5ccccc54)c([2H])c([2H])c([2H])c3c2c1[2H]. The predicted molar refractivity (Wildman–Crippen MR) is 226 cm³/mol. The summed E-state index contributed by atoms with van der Waals surface area (Å²) in [5, 5.41) is 4.85. The summed E-state index contributed by atoms with van der Waals surface area (Å²) in [6.45, 7) is 0. The van der Waals surface area contributed by atoms with E-state index < -0.39 is 0 Å². The number of para-hydroxylation sites is 2. The van der Waals surface area contributed by atoms with Gasteiger partial charge in [-0.3, -0.25) is 0 Å². The first kappa shape index (κ1) is 25.1. The Bertz CT molecular complexity index is 3530. The molecule has 0 spiro atoms. The van der Waals surface area contributed by atoms with Gasteiger partial charge in [0.15, 0.2) is 17.5 Å². The van der Waals surface area contributed by atoms with Gasteiger partial charge in [0, 0.05) is 58.8 Å². The highest BCUT2D eigenvalue weighted by atomic mass is 32.1. The molecule has 54 heavy (non-hydrogen) atoms. The molecule has 0 radical (unpaired) electrons. The highest BCUT2D eigenvalue weighted by Crippen LogP contribution is 2.44. The van der Waals surface area contributed by atoms with E-state index in [4.69, 9.17) is 21.8 Å². The summed E-state index contributed by atoms with van der Waals surface area (Å²) < 4.78 is 56.8. The second kappa shape index (κ2) is 12.3. The first-order chi connectivity index (χ1) is 29.2. The third-order valence-electron chi connectivity index (χ3n) is 10.0. The van der Waals surface area contributed by atoms with E-state index in [0.29, 0.717) is 60.0 Å². The molecule has 4 nitrogen and oxygen atoms in total. The zero-order chi connectivity index (χ0) is 40.8. The normalized spacial score (nSPS) is 13.3. The van der Waals surface area contributed by atoms with Crippen LogP contribution in [0.4, 0.5) is 0 Å². The van der Waals surface area contributed by atoms with Gasteiger partial charge in [-0.15, -0.1) is 11.3 Å². The summed E-state index contributed by atoms with van der Waals surface area (Å²) in [4.78, 5) is 15.2. The van der Waals surface area contributed by atoms with Gasteiger partial charge in [-0.25, -0.2) is 15.0 Å². The number of fused-ring (bicyclic) bond motifs is 7. The number of hydrogen-bond acceptors (Lipinski definition) is 4. The number of rotatable bonds is 5. The van der Waals surface area contributed by atoms with Gasteiger partial charge in [0.25, 0.3) is 0 Å². The van der Waals surface area contributed by atoms with Crippen LogP contribution in [0, 0.1) is 0 Å². The van der Waals surface area contributed by atoms with Crippen molar-refractivity contribution in [2.45, 2.75) is 0 Å². The molecule has 8 aromatic carbocycles. The van der Waals surface area contributed by atoms with Crippen LogP contribution in [0.3, 0.4) is 0 Å². The van der Waals surface area contributed by atoms with Crippen molar-refractivity contribution in [3.63, 3.8) is 0 Å². The van der Waals surface area contributed by atoms with Crippen LogP contribution in [0.15, 0.2) is 182 Å². The third kappa shape index (κ3) is 4.94. The predicted octanol–water partition coefficient (Wildman–Crippen LogP) is 13.2. The maximum atomic E-state index is 9.47. The minimum atomic E-state index is -0.291. The molecule has 5 heteroatoms. The largest absolute Gasteiger partial charge is 0.309 e. The lowest BCUT2D eigenvalue weighted by atomic mass is 9.98. The van der Waals surface area contributed by atoms with Crippen molar-refractivity contribution in [3.8, 4) is 51.0 Å². The molecular weight excluding hydrogens is 677 g/mol. The molecule has 11 aromatic rings. The first-order valence-electron chi connectivity index (χ1n) is 20.6. The molecule has 11 rings (SSSR count). The van der Waals surface area contributed by atoms with Crippen molar-refractivity contribution in [2.24, 2.45) is 0 Å². The second-order valence-electron chi connectivity index (χ2n) is 13.2. The molecule has 0 aliphatic heterocycles. The molecule has 3 aromatic heterocycles. The first-order valence-corrected chi connectivity index (χ1v) is 18.4. The Hall–Kier alpha value is -6.95. The van der Waals surface area contributed by atoms with E-state index in [0.717, 1.165) is 43.7 Å². The fraction of sp³-hybridized carbons (Fsp3) is 0. The van der Waals surface area contributed by atoms with E-state index in [-0.39, 0.29) is 36.3 Å². The Morgan fingerprint density at radius 3 is 1.85 bits per heavy atom. The summed E-state index contributed by atoms with van der Waals surface area (Å²) in [5.41, 5.74) is 5.97. The van der Waals surface area contributed by atoms with E-state index >= 15 is 0 Å². The van der Waals surface area contributed by atoms with Gasteiger partial charge in [-0.1, -0.05) is 152 Å². The molecule has 0 atom stereocenters. The summed E-state index contributed by atoms with van der Waals surface area (Å²) in [7, 11) is 0. The zero-order valence-electron chi connectivity index (χ0n) is 34.6. The van der Waals surface area contributed by atoms with E-state index in [1.807, 2.05) is 91.0 Å². The zero-order valence-corrected chi connectivity index (χ0v) is 29.4. The van der Waals surface area contributed by atoms with E-state index in [9.17, 15) is 1.37 Å². The summed E-state index contributed by atoms with van der Waals surface area (Å²) in [6, 6.07) is 46.9. The fourth-order valence-corrected chi connectivity index (χ4v) is 8.58. The minimum absolute atomic E-state index is 0.0693. The van der Waals surface area contributed by atoms with Crippen LogP contribution in [0.5, 0.6) is 0 Å². The van der Waals surface area contributed by atoms with Crippen LogP contribution in [0.25, 0.3) is 104 Å². The van der Waals surface area contributed by atoms with E-state index in [2.05, 4.69) is 53.1 Å². The smallest absolute Gasteiger partial charge is 0.164 e. The Balaban J connectivity index is 1.24. The maximum absolute atomic E-state index is 9.47. The van der Waals surface area contributed by atoms with Gasteiger partial charge in [-0.05, 0) is 41.1 Å². The van der Waals surface area contributed by atoms with Gasteiger partial charge in [-0.2, -0.15) is 0 Å². The van der Waals surface area contributed by atoms with Gasteiger partial charge in [0.1, 0.15) is 0 Å². The van der Waals surface area contributed by atoms with Crippen LogP contribution in [-0.4, -0.2) is 19.5 Å². The average molecular weight is 713 g/mol. The molecular formula is C49H30N4S. The highest BCUT2D eigenvalue weighted by Gasteiger charge is 2.21. The maximum Gasteiger partial charge on any atom is 0.164 e. The number of hydrogen-bond donors (Lipinski definition) is 0. The standard InChI is InChI=1S/C49H30N4S/c1-2-14-32(15-3-1)47-50-48(34-26-25-31-13-4-5-16-33(31)29-34)52-49(51-47)35-27-28-38(40-20-12-21-41-39-19-8-11-24-45(39)54-46(40)41)44(30-35)53-42-22-9-6-17-36(42)37-18-7-10-23-43(37)53/h1-30H/i8D,12D,19D,20D,21D,24D. The minimum Gasteiger partial charge on any atom is -0.309 e. The summed E-state index contributed by atoms with van der Waals surface area (Å²) in [5.74, 6) is 1.48. The van der Waals surface area contributed by atoms with Crippen molar-refractivity contribution < 1.29 is 8.22 Å². The Morgan fingerprint density at radius 2 is 1.07 bits per heavy atom. The van der Waals surface area contributed by atoms with Crippen molar-refractivity contribution in [2.75, 3.05) is 0 Å². The third-order valence-corrected chi connectivity index (χ3v) is 11.1. The molecule has 0 saturated heterocycles. The number of thiophene rings is 1. The van der Waals surface area contributed by atoms with Crippen molar-refractivity contribution in [3.05, 3.63) is 182 Å². The Kier molecular flexibility index (Phi) is 5.73. The van der Waals surface area contributed by atoms with Crippen molar-refractivity contribution in [1.82, 2.24) is 19.5 Å². The molecule has 252 valence electrons. The van der Waals surface area contributed by atoms with Crippen LogP contribution in [0.1, 0.15) is 8.22 Å². The fourth-order valence-electron chi connectivity index (χ4n) is 7.49. The van der Waals surface area contributed by atoms with Gasteiger partial charge in [0.05, 0.1) is 24.9 Å². The van der Waals surface area contributed by atoms with Gasteiger partial charge in [0.2, 0.25) is 0 Å². The van der Waals surface area contributed by atoms with Crippen molar-refractivity contribution in [1.29, 1.82) is 0 Å². The van der Waals surface area contributed by atoms with E-state index in [1.165, 1.54) is 17.4 Å². The van der Waals surface area contributed by atoms with E-state index in [1.54, 1.807) is 0 Å². The Labute approximate surface area is 323 Å². The molecule has 3 heterocycles. The van der Waals surface area contributed by atoms with Crippen LogP contribution < -0.4 is 0 Å². The van der Waals surface area contributed by atoms with Gasteiger partial charge >= 0.3 is 0 Å². The topological polar surface area (TPSA) is 43.6 Å². The average Bonchev–Trinajstić information content (AvgIpc) is 3.85. The highest BCUT2D eigenvalue weighted by molar-refractivity contribution is 7.26. The van der Waals surface area contributed by atoms with Crippen LogP contribution in [0.2, 0.25) is 0 Å². The molecule has 0 amide bonds. The van der Waals surface area contributed by atoms with Crippen LogP contribution >= 0.6 is 11.3 Å². The molecule has 0 saturated carbocycles. The summed E-state index contributed by atoms with van der Waals surface area (Å²) >= 11 is 1.23. The lowest BCUT2D eigenvalue weighted by molar-refractivity contribution is 1.07. The molecule has 0 bridgehead atoms. The Morgan fingerprint density at radius 1 is 0.444 bits per heavy atom. The lowest BCUT2D eigenvalue weighted by Gasteiger charge is -2.17. The molecule has 0 unspecified atom stereocenters. The monoisotopic (exact) mass is 712 g/mol. The number of nitrogens with zero attached hydrogens (tertiary/aromatic N) is 4. The van der Waals surface area contributed by atoms with Crippen LogP contribution in [-0.2, 0) is 0 Å². The van der Waals surface area contributed by atoms with Gasteiger partial charge < -0.3 is 4.57 Å². The quantitative estimate of drug-likeness (QED) is 0.178. The molecule has 0 aliphatic carbocycles. The second-order valence-corrected chi connectivity index (χ2v) is 14.2.